The molecule has 0 unspecified atom stereocenters. The van der Waals surface area contributed by atoms with Gasteiger partial charge in [-0.25, -0.2) is 0 Å². The monoisotopic (exact) mass is 343 g/mol. The van der Waals surface area contributed by atoms with E-state index in [-0.39, 0.29) is 31.7 Å². The minimum absolute atomic E-state index is 0.0502. The molecule has 0 bridgehead atoms. The SMILES string of the molecule is O=C(NCc1ccco1)c1nc(COc2ccc3c(c2)OCO3)no1. The zero-order valence-electron chi connectivity index (χ0n) is 12.9. The Labute approximate surface area is 141 Å². The first kappa shape index (κ1) is 15.1. The average Bonchev–Trinajstić information content (AvgIpc) is 3.39. The van der Waals surface area contributed by atoms with Crippen LogP contribution in [0.5, 0.6) is 17.2 Å². The zero-order valence-corrected chi connectivity index (χ0v) is 12.9. The van der Waals surface area contributed by atoms with Crippen LogP contribution in [-0.2, 0) is 13.2 Å². The van der Waals surface area contributed by atoms with Gasteiger partial charge in [0, 0.05) is 6.07 Å². The normalized spacial score (nSPS) is 12.2. The summed E-state index contributed by atoms with van der Waals surface area (Å²) < 4.78 is 26.1. The number of hydrogen-bond acceptors (Lipinski definition) is 8. The molecule has 4 rings (SSSR count). The first-order valence-electron chi connectivity index (χ1n) is 7.43. The Balaban J connectivity index is 1.32. The van der Waals surface area contributed by atoms with Crippen LogP contribution in [0.4, 0.5) is 0 Å². The number of furan rings is 1. The van der Waals surface area contributed by atoms with Crippen LogP contribution in [0.25, 0.3) is 0 Å². The van der Waals surface area contributed by atoms with E-state index in [0.717, 1.165) is 0 Å². The van der Waals surface area contributed by atoms with Crippen molar-refractivity contribution in [3.63, 3.8) is 0 Å². The number of aromatic nitrogens is 2. The van der Waals surface area contributed by atoms with Crippen molar-refractivity contribution in [1.29, 1.82) is 0 Å². The van der Waals surface area contributed by atoms with Crippen LogP contribution in [0.3, 0.4) is 0 Å². The van der Waals surface area contributed by atoms with Crippen LogP contribution < -0.4 is 19.5 Å². The van der Waals surface area contributed by atoms with Crippen molar-refractivity contribution in [1.82, 2.24) is 15.5 Å². The Hall–Kier alpha value is -3.49. The third-order valence-electron chi connectivity index (χ3n) is 3.38. The number of benzene rings is 1. The van der Waals surface area contributed by atoms with Crippen LogP contribution in [0.15, 0.2) is 45.5 Å². The highest BCUT2D eigenvalue weighted by Gasteiger charge is 2.17. The van der Waals surface area contributed by atoms with Gasteiger partial charge < -0.3 is 28.5 Å². The molecule has 0 atom stereocenters. The van der Waals surface area contributed by atoms with E-state index < -0.39 is 5.91 Å². The summed E-state index contributed by atoms with van der Waals surface area (Å²) in [5.74, 6) is 2.10. The number of nitrogens with one attached hydrogen (secondary N) is 1. The molecule has 3 heterocycles. The van der Waals surface area contributed by atoms with Gasteiger partial charge in [-0.3, -0.25) is 4.79 Å². The lowest BCUT2D eigenvalue weighted by molar-refractivity contribution is 0.0904. The van der Waals surface area contributed by atoms with Gasteiger partial charge in [-0.1, -0.05) is 5.16 Å². The molecule has 0 fully saturated rings. The lowest BCUT2D eigenvalue weighted by Gasteiger charge is -2.03. The molecular weight excluding hydrogens is 330 g/mol. The number of ether oxygens (including phenoxy) is 3. The van der Waals surface area contributed by atoms with Gasteiger partial charge in [-0.2, -0.15) is 4.98 Å². The van der Waals surface area contributed by atoms with Crippen molar-refractivity contribution in [3.05, 3.63) is 54.1 Å². The van der Waals surface area contributed by atoms with Crippen LogP contribution in [0.2, 0.25) is 0 Å². The summed E-state index contributed by atoms with van der Waals surface area (Å²) in [6, 6.07) is 8.68. The predicted octanol–water partition coefficient (Wildman–Crippen LogP) is 1.90. The highest BCUT2D eigenvalue weighted by atomic mass is 16.7. The number of hydrogen-bond donors (Lipinski definition) is 1. The van der Waals surface area contributed by atoms with E-state index in [9.17, 15) is 4.79 Å². The summed E-state index contributed by atoms with van der Waals surface area (Å²) >= 11 is 0. The minimum Gasteiger partial charge on any atom is -0.485 e. The maximum atomic E-state index is 11.9. The van der Waals surface area contributed by atoms with E-state index in [2.05, 4.69) is 15.5 Å². The molecule has 1 N–H and O–H groups in total. The van der Waals surface area contributed by atoms with Gasteiger partial charge in [0.1, 0.15) is 11.5 Å². The van der Waals surface area contributed by atoms with Gasteiger partial charge in [0.05, 0.1) is 12.8 Å². The van der Waals surface area contributed by atoms with Crippen molar-refractivity contribution in [2.24, 2.45) is 0 Å². The summed E-state index contributed by atoms with van der Waals surface area (Å²) in [6.45, 7) is 0.478. The Kier molecular flexibility index (Phi) is 3.95. The molecule has 1 amide bonds. The fraction of sp³-hybridized carbons (Fsp3) is 0.188. The van der Waals surface area contributed by atoms with Gasteiger partial charge >= 0.3 is 11.8 Å². The number of nitrogens with zero attached hydrogens (tertiary/aromatic N) is 2. The third kappa shape index (κ3) is 3.39. The third-order valence-corrected chi connectivity index (χ3v) is 3.38. The number of fused-ring (bicyclic) bond motifs is 1. The number of rotatable bonds is 6. The predicted molar refractivity (Wildman–Crippen MR) is 81.1 cm³/mol. The first-order chi connectivity index (χ1) is 12.3. The summed E-state index contributed by atoms with van der Waals surface area (Å²) in [4.78, 5) is 15.9. The van der Waals surface area contributed by atoms with E-state index in [4.69, 9.17) is 23.2 Å². The molecule has 1 aliphatic heterocycles. The molecule has 25 heavy (non-hydrogen) atoms. The molecule has 0 aliphatic carbocycles. The molecule has 0 radical (unpaired) electrons. The summed E-state index contributed by atoms with van der Waals surface area (Å²) in [7, 11) is 0. The van der Waals surface area contributed by atoms with Crippen LogP contribution in [0.1, 0.15) is 22.3 Å². The number of amides is 1. The van der Waals surface area contributed by atoms with Crippen molar-refractivity contribution in [2.45, 2.75) is 13.2 Å². The summed E-state index contributed by atoms with van der Waals surface area (Å²) in [5.41, 5.74) is 0. The van der Waals surface area contributed by atoms with Gasteiger partial charge in [0.25, 0.3) is 0 Å². The molecule has 1 aliphatic rings. The topological polar surface area (TPSA) is 109 Å². The molecule has 128 valence electrons. The smallest absolute Gasteiger partial charge is 0.316 e. The van der Waals surface area contributed by atoms with Crippen molar-refractivity contribution < 1.29 is 27.9 Å². The van der Waals surface area contributed by atoms with Crippen LogP contribution in [-0.4, -0.2) is 22.8 Å². The Morgan fingerprint density at radius 1 is 1.24 bits per heavy atom. The minimum atomic E-state index is -0.488. The van der Waals surface area contributed by atoms with Crippen molar-refractivity contribution >= 4 is 5.91 Å². The molecule has 1 aromatic carbocycles. The molecule has 3 aromatic rings. The molecule has 0 saturated carbocycles. The van der Waals surface area contributed by atoms with E-state index >= 15 is 0 Å². The van der Waals surface area contributed by atoms with E-state index in [0.29, 0.717) is 23.0 Å². The lowest BCUT2D eigenvalue weighted by atomic mass is 10.3. The first-order valence-corrected chi connectivity index (χ1v) is 7.43. The second kappa shape index (κ2) is 6.56. The number of carbonyl (C=O) groups excluding carboxylic acids is 1. The van der Waals surface area contributed by atoms with E-state index in [1.165, 1.54) is 6.26 Å². The fourth-order valence-corrected chi connectivity index (χ4v) is 2.18. The molecule has 0 spiro atoms. The average molecular weight is 343 g/mol. The van der Waals surface area contributed by atoms with Gasteiger partial charge in [0.15, 0.2) is 18.1 Å². The fourth-order valence-electron chi connectivity index (χ4n) is 2.18. The van der Waals surface area contributed by atoms with Crippen LogP contribution in [0, 0.1) is 0 Å². The second-order valence-electron chi connectivity index (χ2n) is 5.08. The van der Waals surface area contributed by atoms with Gasteiger partial charge in [-0.05, 0) is 24.3 Å². The quantitative estimate of drug-likeness (QED) is 0.723. The largest absolute Gasteiger partial charge is 0.485 e. The molecular formula is C16H13N3O6. The highest BCUT2D eigenvalue weighted by molar-refractivity contribution is 5.89. The molecule has 9 heteroatoms. The summed E-state index contributed by atoms with van der Waals surface area (Å²) in [5, 5.41) is 6.34. The molecule has 0 saturated heterocycles. The maximum absolute atomic E-state index is 11.9. The van der Waals surface area contributed by atoms with Crippen molar-refractivity contribution in [3.8, 4) is 17.2 Å². The van der Waals surface area contributed by atoms with Crippen LogP contribution >= 0.6 is 0 Å². The standard InChI is InChI=1S/C16H13N3O6/c20-15(17-7-11-2-1-5-21-11)16-18-14(19-25-16)8-22-10-3-4-12-13(6-10)24-9-23-12/h1-6H,7-9H2,(H,17,20). The Bertz CT molecular complexity index is 874. The van der Waals surface area contributed by atoms with E-state index in [1.807, 2.05) is 0 Å². The summed E-state index contributed by atoms with van der Waals surface area (Å²) in [6.07, 6.45) is 1.53. The van der Waals surface area contributed by atoms with Gasteiger partial charge in [0.2, 0.25) is 12.6 Å². The zero-order chi connectivity index (χ0) is 17.1. The van der Waals surface area contributed by atoms with Gasteiger partial charge in [-0.15, -0.1) is 0 Å². The molecule has 9 nitrogen and oxygen atoms in total. The van der Waals surface area contributed by atoms with Crippen molar-refractivity contribution in [2.75, 3.05) is 6.79 Å². The Morgan fingerprint density at radius 2 is 2.16 bits per heavy atom. The number of carbonyl (C=O) groups is 1. The maximum Gasteiger partial charge on any atom is 0.316 e. The lowest BCUT2D eigenvalue weighted by Crippen LogP contribution is -2.22. The highest BCUT2D eigenvalue weighted by Crippen LogP contribution is 2.35. The second-order valence-corrected chi connectivity index (χ2v) is 5.08. The Morgan fingerprint density at radius 3 is 3.04 bits per heavy atom. The van der Waals surface area contributed by atoms with E-state index in [1.54, 1.807) is 30.3 Å². The molecule has 2 aromatic heterocycles.